The minimum Gasteiger partial charge on any atom is -0.347 e. The predicted molar refractivity (Wildman–Crippen MR) is 49.0 cm³/mol. The van der Waals surface area contributed by atoms with Gasteiger partial charge in [0.1, 0.15) is 0 Å². The Hall–Kier alpha value is -1.32. The number of nitrogens with zero attached hydrogens (tertiary/aromatic N) is 1. The lowest BCUT2D eigenvalue weighted by atomic mass is 10.2. The smallest absolute Gasteiger partial charge is 0.242 e. The number of nitrogens with one attached hydrogen (secondary N) is 1. The SMILES string of the molecule is C=CC(C)N1CCC(=O)NCC1=O. The highest BCUT2D eigenvalue weighted by Gasteiger charge is 2.22. The second kappa shape index (κ2) is 4.07. The number of hydrogen-bond acceptors (Lipinski definition) is 2. The molecule has 1 aliphatic rings. The van der Waals surface area contributed by atoms with E-state index < -0.39 is 0 Å². The lowest BCUT2D eigenvalue weighted by molar-refractivity contribution is -0.131. The third-order valence-electron chi connectivity index (χ3n) is 2.17. The van der Waals surface area contributed by atoms with Crippen LogP contribution in [0.4, 0.5) is 0 Å². The van der Waals surface area contributed by atoms with E-state index in [-0.39, 0.29) is 24.4 Å². The Morgan fingerprint density at radius 2 is 2.31 bits per heavy atom. The van der Waals surface area contributed by atoms with E-state index in [1.54, 1.807) is 11.0 Å². The molecule has 1 rings (SSSR count). The van der Waals surface area contributed by atoms with E-state index in [2.05, 4.69) is 11.9 Å². The molecule has 2 amide bonds. The standard InChI is InChI=1S/C9H14N2O2/c1-3-7(2)11-5-4-8(12)10-6-9(11)13/h3,7H,1,4-6H2,2H3,(H,10,12). The van der Waals surface area contributed by atoms with Gasteiger partial charge in [0.2, 0.25) is 11.8 Å². The van der Waals surface area contributed by atoms with Crippen LogP contribution in [0.15, 0.2) is 12.7 Å². The third kappa shape index (κ3) is 2.31. The maximum absolute atomic E-state index is 11.4. The van der Waals surface area contributed by atoms with Crippen molar-refractivity contribution in [3.8, 4) is 0 Å². The number of carbonyl (C=O) groups excluding carboxylic acids is 2. The van der Waals surface area contributed by atoms with Crippen LogP contribution in [0.2, 0.25) is 0 Å². The van der Waals surface area contributed by atoms with Crippen LogP contribution in [0.3, 0.4) is 0 Å². The summed E-state index contributed by atoms with van der Waals surface area (Å²) in [6.07, 6.45) is 2.08. The molecule has 1 fully saturated rings. The first kappa shape index (κ1) is 9.77. The van der Waals surface area contributed by atoms with E-state index >= 15 is 0 Å². The first-order valence-corrected chi connectivity index (χ1v) is 4.34. The molecule has 0 saturated carbocycles. The van der Waals surface area contributed by atoms with Crippen molar-refractivity contribution in [3.05, 3.63) is 12.7 Å². The zero-order chi connectivity index (χ0) is 9.84. The topological polar surface area (TPSA) is 49.4 Å². The fourth-order valence-electron chi connectivity index (χ4n) is 1.27. The average molecular weight is 182 g/mol. The van der Waals surface area contributed by atoms with E-state index in [9.17, 15) is 9.59 Å². The second-order valence-electron chi connectivity index (χ2n) is 3.09. The summed E-state index contributed by atoms with van der Waals surface area (Å²) in [5, 5.41) is 2.54. The van der Waals surface area contributed by atoms with E-state index in [4.69, 9.17) is 0 Å². The highest BCUT2D eigenvalue weighted by atomic mass is 16.2. The molecule has 72 valence electrons. The quantitative estimate of drug-likeness (QED) is 0.607. The number of rotatable bonds is 2. The largest absolute Gasteiger partial charge is 0.347 e. The van der Waals surface area contributed by atoms with Gasteiger partial charge in [0.15, 0.2) is 0 Å². The average Bonchev–Trinajstić information content (AvgIpc) is 2.28. The van der Waals surface area contributed by atoms with Crippen LogP contribution in [0.1, 0.15) is 13.3 Å². The first-order valence-electron chi connectivity index (χ1n) is 4.34. The van der Waals surface area contributed by atoms with E-state index in [0.717, 1.165) is 0 Å². The molecule has 1 heterocycles. The van der Waals surface area contributed by atoms with Crippen LogP contribution in [-0.4, -0.2) is 35.8 Å². The summed E-state index contributed by atoms with van der Waals surface area (Å²) >= 11 is 0. The zero-order valence-electron chi connectivity index (χ0n) is 7.75. The monoisotopic (exact) mass is 182 g/mol. The molecular formula is C9H14N2O2. The van der Waals surface area contributed by atoms with Crippen LogP contribution in [0.5, 0.6) is 0 Å². The summed E-state index contributed by atoms with van der Waals surface area (Å²) in [4.78, 5) is 24.1. The summed E-state index contributed by atoms with van der Waals surface area (Å²) in [7, 11) is 0. The number of carbonyl (C=O) groups is 2. The molecular weight excluding hydrogens is 168 g/mol. The zero-order valence-corrected chi connectivity index (χ0v) is 7.75. The van der Waals surface area contributed by atoms with Crippen molar-refractivity contribution in [1.29, 1.82) is 0 Å². The molecule has 13 heavy (non-hydrogen) atoms. The van der Waals surface area contributed by atoms with Gasteiger partial charge in [-0.1, -0.05) is 6.08 Å². The van der Waals surface area contributed by atoms with Crippen molar-refractivity contribution in [2.24, 2.45) is 0 Å². The summed E-state index contributed by atoms with van der Waals surface area (Å²) in [6.45, 7) is 6.10. The first-order chi connectivity index (χ1) is 6.15. The van der Waals surface area contributed by atoms with Crippen LogP contribution >= 0.6 is 0 Å². The summed E-state index contributed by atoms with van der Waals surface area (Å²) in [5.41, 5.74) is 0. The summed E-state index contributed by atoms with van der Waals surface area (Å²) in [6, 6.07) is 0.000185. The van der Waals surface area contributed by atoms with Crippen molar-refractivity contribution in [2.45, 2.75) is 19.4 Å². The minimum absolute atomic E-state index is 0.000185. The highest BCUT2D eigenvalue weighted by molar-refractivity contribution is 5.87. The van der Waals surface area contributed by atoms with E-state index in [1.165, 1.54) is 0 Å². The van der Waals surface area contributed by atoms with E-state index in [0.29, 0.717) is 13.0 Å². The van der Waals surface area contributed by atoms with Gasteiger partial charge in [-0.15, -0.1) is 6.58 Å². The molecule has 1 aliphatic heterocycles. The fourth-order valence-corrected chi connectivity index (χ4v) is 1.27. The van der Waals surface area contributed by atoms with E-state index in [1.807, 2.05) is 6.92 Å². The molecule has 1 atom stereocenters. The molecule has 4 nitrogen and oxygen atoms in total. The summed E-state index contributed by atoms with van der Waals surface area (Å²) < 4.78 is 0. The molecule has 0 bridgehead atoms. The van der Waals surface area contributed by atoms with Gasteiger partial charge >= 0.3 is 0 Å². The van der Waals surface area contributed by atoms with Crippen molar-refractivity contribution in [3.63, 3.8) is 0 Å². The Morgan fingerprint density at radius 3 is 2.92 bits per heavy atom. The third-order valence-corrected chi connectivity index (χ3v) is 2.17. The van der Waals surface area contributed by atoms with Crippen LogP contribution in [0.25, 0.3) is 0 Å². The van der Waals surface area contributed by atoms with Crippen LogP contribution in [-0.2, 0) is 9.59 Å². The Balaban J connectivity index is 2.67. The molecule has 1 unspecified atom stereocenters. The number of amides is 2. The molecule has 0 aromatic rings. The molecule has 0 aromatic heterocycles. The second-order valence-corrected chi connectivity index (χ2v) is 3.09. The maximum atomic E-state index is 11.4. The fraction of sp³-hybridized carbons (Fsp3) is 0.556. The Morgan fingerprint density at radius 1 is 1.62 bits per heavy atom. The molecule has 0 spiro atoms. The normalized spacial score (nSPS) is 20.5. The summed E-state index contributed by atoms with van der Waals surface area (Å²) in [5.74, 6) is -0.106. The Kier molecular flexibility index (Phi) is 3.06. The van der Waals surface area contributed by atoms with Gasteiger partial charge in [-0.2, -0.15) is 0 Å². The molecule has 1 N–H and O–H groups in total. The van der Waals surface area contributed by atoms with Crippen molar-refractivity contribution in [2.75, 3.05) is 13.1 Å². The molecule has 0 radical (unpaired) electrons. The van der Waals surface area contributed by atoms with Gasteiger partial charge in [-0.3, -0.25) is 9.59 Å². The maximum Gasteiger partial charge on any atom is 0.242 e. The van der Waals surface area contributed by atoms with Crippen molar-refractivity contribution >= 4 is 11.8 Å². The lowest BCUT2D eigenvalue weighted by Crippen LogP contribution is -2.40. The molecule has 0 aliphatic carbocycles. The van der Waals surface area contributed by atoms with Crippen LogP contribution < -0.4 is 5.32 Å². The lowest BCUT2D eigenvalue weighted by Gasteiger charge is -2.24. The Labute approximate surface area is 77.6 Å². The van der Waals surface area contributed by atoms with Gasteiger partial charge in [-0.25, -0.2) is 0 Å². The van der Waals surface area contributed by atoms with Gasteiger partial charge in [0.05, 0.1) is 6.54 Å². The van der Waals surface area contributed by atoms with Gasteiger partial charge < -0.3 is 10.2 Å². The van der Waals surface area contributed by atoms with Gasteiger partial charge in [0, 0.05) is 19.0 Å². The molecule has 1 saturated heterocycles. The molecule has 4 heteroatoms. The molecule has 0 aromatic carbocycles. The highest BCUT2D eigenvalue weighted by Crippen LogP contribution is 2.04. The van der Waals surface area contributed by atoms with Crippen molar-refractivity contribution in [1.82, 2.24) is 10.2 Å². The van der Waals surface area contributed by atoms with Gasteiger partial charge in [-0.05, 0) is 6.92 Å². The Bertz CT molecular complexity index is 238. The minimum atomic E-state index is -0.0629. The van der Waals surface area contributed by atoms with Crippen LogP contribution in [0, 0.1) is 0 Å². The number of hydrogen-bond donors (Lipinski definition) is 1. The van der Waals surface area contributed by atoms with Crippen molar-refractivity contribution < 1.29 is 9.59 Å². The van der Waals surface area contributed by atoms with Gasteiger partial charge in [0.25, 0.3) is 0 Å². The predicted octanol–water partition coefficient (Wildman–Crippen LogP) is -0.0906.